The van der Waals surface area contributed by atoms with Crippen molar-refractivity contribution in [1.29, 1.82) is 0 Å². The molecular weight excluding hydrogens is 202 g/mol. The number of rotatable bonds is 2. The summed E-state index contributed by atoms with van der Waals surface area (Å²) in [5.74, 6) is 1.17. The van der Waals surface area contributed by atoms with Crippen molar-refractivity contribution in [2.24, 2.45) is 0 Å². The van der Waals surface area contributed by atoms with Crippen molar-refractivity contribution in [2.45, 2.75) is 18.8 Å². The van der Waals surface area contributed by atoms with Crippen LogP contribution in [0.3, 0.4) is 0 Å². The highest BCUT2D eigenvalue weighted by Crippen LogP contribution is 2.32. The molecule has 3 rings (SSSR count). The molecule has 1 N–H and O–H groups in total. The minimum atomic E-state index is 0.364. The van der Waals surface area contributed by atoms with Gasteiger partial charge in [0.05, 0.1) is 0 Å². The normalized spacial score (nSPS) is 15.1. The molecule has 0 atom stereocenters. The third kappa shape index (κ3) is 1.46. The van der Waals surface area contributed by atoms with Crippen molar-refractivity contribution in [2.75, 3.05) is 12.4 Å². The topological polar surface area (TPSA) is 51.0 Å². The molecule has 0 fully saturated rings. The largest absolute Gasteiger partial charge is 0.341 e. The number of hydrogen-bond acceptors (Lipinski definition) is 4. The van der Waals surface area contributed by atoms with Crippen LogP contribution >= 0.6 is 0 Å². The zero-order chi connectivity index (χ0) is 11.0. The number of benzene rings is 1. The molecule has 0 unspecified atom stereocenters. The second kappa shape index (κ2) is 3.63. The van der Waals surface area contributed by atoms with Crippen LogP contribution in [0.4, 0.5) is 6.01 Å². The molecule has 1 aliphatic rings. The van der Waals surface area contributed by atoms with Crippen LogP contribution in [0.2, 0.25) is 0 Å². The lowest BCUT2D eigenvalue weighted by molar-refractivity contribution is 0.418. The monoisotopic (exact) mass is 215 g/mol. The van der Waals surface area contributed by atoms with Gasteiger partial charge in [-0.25, -0.2) is 0 Å². The van der Waals surface area contributed by atoms with Gasteiger partial charge in [-0.05, 0) is 24.0 Å². The Kier molecular flexibility index (Phi) is 2.13. The number of fused-ring (bicyclic) bond motifs is 1. The summed E-state index contributed by atoms with van der Waals surface area (Å²) >= 11 is 0. The average molecular weight is 215 g/mol. The van der Waals surface area contributed by atoms with E-state index in [0.717, 1.165) is 18.7 Å². The van der Waals surface area contributed by atoms with Gasteiger partial charge in [0, 0.05) is 13.0 Å². The second-order valence-corrected chi connectivity index (χ2v) is 4.08. The zero-order valence-corrected chi connectivity index (χ0v) is 9.10. The Morgan fingerprint density at radius 2 is 1.94 bits per heavy atom. The minimum absolute atomic E-state index is 0.364. The van der Waals surface area contributed by atoms with E-state index in [1.54, 1.807) is 7.05 Å². The standard InChI is InChI=1S/C12H13N3O/c1-13-12-14-11(15-16-12)10-6-8-4-2-3-5-9(8)7-10/h2-5,10H,6-7H2,1H3,(H,13,14,15). The number of nitrogens with one attached hydrogen (secondary N) is 1. The lowest BCUT2D eigenvalue weighted by atomic mass is 10.1. The second-order valence-electron chi connectivity index (χ2n) is 4.08. The van der Waals surface area contributed by atoms with Crippen LogP contribution in [0, 0.1) is 0 Å². The molecule has 1 aliphatic carbocycles. The first-order chi connectivity index (χ1) is 7.86. The first-order valence-corrected chi connectivity index (χ1v) is 5.45. The van der Waals surface area contributed by atoms with Gasteiger partial charge < -0.3 is 9.84 Å². The lowest BCUT2D eigenvalue weighted by Gasteiger charge is -2.00. The van der Waals surface area contributed by atoms with Gasteiger partial charge in [0.1, 0.15) is 0 Å². The Hall–Kier alpha value is -1.84. The van der Waals surface area contributed by atoms with E-state index in [4.69, 9.17) is 4.52 Å². The molecule has 0 bridgehead atoms. The van der Waals surface area contributed by atoms with E-state index in [1.807, 2.05) is 0 Å². The van der Waals surface area contributed by atoms with E-state index in [-0.39, 0.29) is 0 Å². The van der Waals surface area contributed by atoms with Gasteiger partial charge in [-0.3, -0.25) is 0 Å². The fourth-order valence-electron chi connectivity index (χ4n) is 2.24. The predicted molar refractivity (Wildman–Crippen MR) is 60.4 cm³/mol. The van der Waals surface area contributed by atoms with Gasteiger partial charge in [-0.2, -0.15) is 4.98 Å². The maximum absolute atomic E-state index is 5.05. The van der Waals surface area contributed by atoms with Crippen LogP contribution in [0.15, 0.2) is 28.8 Å². The van der Waals surface area contributed by atoms with E-state index in [2.05, 4.69) is 39.7 Å². The fraction of sp³-hybridized carbons (Fsp3) is 0.333. The minimum Gasteiger partial charge on any atom is -0.341 e. The van der Waals surface area contributed by atoms with Gasteiger partial charge >= 0.3 is 6.01 Å². The molecule has 1 aromatic heterocycles. The summed E-state index contributed by atoms with van der Waals surface area (Å²) < 4.78 is 5.05. The van der Waals surface area contributed by atoms with Crippen molar-refractivity contribution < 1.29 is 4.52 Å². The molecule has 0 aliphatic heterocycles. The van der Waals surface area contributed by atoms with E-state index >= 15 is 0 Å². The Balaban J connectivity index is 1.85. The van der Waals surface area contributed by atoms with E-state index in [0.29, 0.717) is 11.9 Å². The molecule has 16 heavy (non-hydrogen) atoms. The van der Waals surface area contributed by atoms with Crippen LogP contribution in [0.1, 0.15) is 22.9 Å². The van der Waals surface area contributed by atoms with Crippen molar-refractivity contribution in [3.05, 3.63) is 41.2 Å². The van der Waals surface area contributed by atoms with Gasteiger partial charge in [-0.15, -0.1) is 0 Å². The van der Waals surface area contributed by atoms with Gasteiger partial charge in [0.15, 0.2) is 5.82 Å². The molecule has 1 heterocycles. The number of aromatic nitrogens is 2. The maximum Gasteiger partial charge on any atom is 0.321 e. The van der Waals surface area contributed by atoms with E-state index in [9.17, 15) is 0 Å². The fourth-order valence-corrected chi connectivity index (χ4v) is 2.24. The highest BCUT2D eigenvalue weighted by atomic mass is 16.5. The Morgan fingerprint density at radius 1 is 1.25 bits per heavy atom. The van der Waals surface area contributed by atoms with Crippen LogP contribution in [0.25, 0.3) is 0 Å². The number of nitrogens with zero attached hydrogens (tertiary/aromatic N) is 2. The van der Waals surface area contributed by atoms with Crippen LogP contribution < -0.4 is 5.32 Å². The van der Waals surface area contributed by atoms with Crippen LogP contribution in [-0.4, -0.2) is 17.2 Å². The molecule has 4 heteroatoms. The number of anilines is 1. The first kappa shape index (κ1) is 9.39. The molecule has 0 saturated heterocycles. The summed E-state index contributed by atoms with van der Waals surface area (Å²) in [6.45, 7) is 0. The summed E-state index contributed by atoms with van der Waals surface area (Å²) in [6, 6.07) is 9.00. The van der Waals surface area contributed by atoms with Crippen LogP contribution in [0.5, 0.6) is 0 Å². The number of hydrogen-bond donors (Lipinski definition) is 1. The molecule has 0 radical (unpaired) electrons. The van der Waals surface area contributed by atoms with Crippen molar-refractivity contribution in [3.63, 3.8) is 0 Å². The van der Waals surface area contributed by atoms with Crippen LogP contribution in [-0.2, 0) is 12.8 Å². The predicted octanol–water partition coefficient (Wildman–Crippen LogP) is 1.99. The summed E-state index contributed by atoms with van der Waals surface area (Å²) in [7, 11) is 1.78. The quantitative estimate of drug-likeness (QED) is 0.832. The summed E-state index contributed by atoms with van der Waals surface area (Å²) in [6.07, 6.45) is 2.03. The molecule has 4 nitrogen and oxygen atoms in total. The average Bonchev–Trinajstić information content (AvgIpc) is 2.95. The zero-order valence-electron chi connectivity index (χ0n) is 9.10. The molecule has 0 saturated carbocycles. The highest BCUT2D eigenvalue weighted by Gasteiger charge is 2.26. The Bertz CT molecular complexity index is 481. The first-order valence-electron chi connectivity index (χ1n) is 5.45. The molecule has 82 valence electrons. The van der Waals surface area contributed by atoms with Crippen molar-refractivity contribution in [1.82, 2.24) is 10.1 Å². The Labute approximate surface area is 93.7 Å². The van der Waals surface area contributed by atoms with Crippen molar-refractivity contribution >= 4 is 6.01 Å². The molecule has 2 aromatic rings. The summed E-state index contributed by atoms with van der Waals surface area (Å²) in [5.41, 5.74) is 2.81. The smallest absolute Gasteiger partial charge is 0.321 e. The molecule has 1 aromatic carbocycles. The molecule has 0 spiro atoms. The Morgan fingerprint density at radius 3 is 2.50 bits per heavy atom. The van der Waals surface area contributed by atoms with Gasteiger partial charge in [0.2, 0.25) is 0 Å². The maximum atomic E-state index is 5.05. The van der Waals surface area contributed by atoms with E-state index < -0.39 is 0 Å². The highest BCUT2D eigenvalue weighted by molar-refractivity contribution is 5.35. The van der Waals surface area contributed by atoms with Gasteiger partial charge in [-0.1, -0.05) is 29.4 Å². The summed E-state index contributed by atoms with van der Waals surface area (Å²) in [5, 5.41) is 6.86. The molecule has 0 amide bonds. The van der Waals surface area contributed by atoms with Crippen molar-refractivity contribution in [3.8, 4) is 0 Å². The van der Waals surface area contributed by atoms with Gasteiger partial charge in [0.25, 0.3) is 0 Å². The lowest BCUT2D eigenvalue weighted by Crippen LogP contribution is -2.00. The SMILES string of the molecule is CNc1nc(C2Cc3ccccc3C2)no1. The molecular formula is C12H13N3O. The van der Waals surface area contributed by atoms with E-state index in [1.165, 1.54) is 11.1 Å². The third-order valence-electron chi connectivity index (χ3n) is 3.07. The third-order valence-corrected chi connectivity index (χ3v) is 3.07. The summed E-state index contributed by atoms with van der Waals surface area (Å²) in [4.78, 5) is 4.30.